The number of carbonyl (C=O) groups excluding carboxylic acids is 1. The van der Waals surface area contributed by atoms with Crippen LogP contribution in [-0.4, -0.2) is 75.6 Å². The molecule has 0 aromatic heterocycles. The summed E-state index contributed by atoms with van der Waals surface area (Å²) >= 11 is 0. The van der Waals surface area contributed by atoms with Crippen molar-refractivity contribution in [3.63, 3.8) is 0 Å². The van der Waals surface area contributed by atoms with Crippen molar-refractivity contribution >= 4 is 13.8 Å². The third-order valence-corrected chi connectivity index (χ3v) is 9.74. The van der Waals surface area contributed by atoms with Crippen molar-refractivity contribution < 1.29 is 37.3 Å². The average molecular weight is 793 g/mol. The van der Waals surface area contributed by atoms with Crippen molar-refractivity contribution in [3.05, 3.63) is 72.9 Å². The van der Waals surface area contributed by atoms with Crippen LogP contribution in [0.4, 0.5) is 0 Å². The molecule has 55 heavy (non-hydrogen) atoms. The van der Waals surface area contributed by atoms with Gasteiger partial charge >= 0.3 is 13.8 Å². The topological polar surface area (TPSA) is 91.3 Å². The van der Waals surface area contributed by atoms with Crippen LogP contribution in [-0.2, 0) is 27.9 Å². The summed E-state index contributed by atoms with van der Waals surface area (Å²) in [7, 11) is 1.63. The van der Waals surface area contributed by atoms with Crippen LogP contribution < -0.4 is 0 Å². The van der Waals surface area contributed by atoms with E-state index in [4.69, 9.17) is 18.5 Å². The summed E-state index contributed by atoms with van der Waals surface area (Å²) in [6.07, 6.45) is 49.3. The van der Waals surface area contributed by atoms with Crippen molar-refractivity contribution in [2.45, 2.75) is 161 Å². The molecule has 0 radical (unpaired) electrons. The van der Waals surface area contributed by atoms with Gasteiger partial charge < -0.3 is 18.9 Å². The standard InChI is InChI=1S/C46H82NO7P/c1-6-8-10-12-14-16-18-20-22-23-24-25-26-27-29-31-33-35-37-39-46(48)54-45(44-53-55(49,50)52-42-40-47(3,4)5)43-51-41-38-36-34-32-30-28-21-19-17-15-13-11-9-7-2/h8,10,14,16-17,19-20,22,24-25,27,29,45H,6-7,9,11-13,15,18,21,23,26,28,30-44H2,1-5H3/p+1/b10-8-,16-14-,19-17-,22-20-,25-24-,29-27-. The van der Waals surface area contributed by atoms with Gasteiger partial charge in [-0.25, -0.2) is 4.57 Å². The van der Waals surface area contributed by atoms with Crippen LogP contribution in [0.25, 0.3) is 0 Å². The smallest absolute Gasteiger partial charge is 0.457 e. The zero-order valence-electron chi connectivity index (χ0n) is 35.9. The number of allylic oxidation sites excluding steroid dienone is 12. The second-order valence-corrected chi connectivity index (χ2v) is 16.8. The number of phosphoric ester groups is 1. The lowest BCUT2D eigenvalue weighted by molar-refractivity contribution is -0.870. The molecule has 2 atom stereocenters. The molecule has 0 heterocycles. The number of hydrogen-bond acceptors (Lipinski definition) is 6. The number of carbonyl (C=O) groups is 1. The number of ether oxygens (including phenoxy) is 2. The summed E-state index contributed by atoms with van der Waals surface area (Å²) in [5, 5.41) is 0. The summed E-state index contributed by atoms with van der Waals surface area (Å²) in [4.78, 5) is 22.9. The van der Waals surface area contributed by atoms with Crippen LogP contribution in [0.2, 0.25) is 0 Å². The minimum absolute atomic E-state index is 0.0771. The normalized spacial score (nSPS) is 14.5. The van der Waals surface area contributed by atoms with Crippen LogP contribution in [0, 0.1) is 0 Å². The van der Waals surface area contributed by atoms with Crippen molar-refractivity contribution in [1.82, 2.24) is 0 Å². The van der Waals surface area contributed by atoms with Gasteiger partial charge in [-0.15, -0.1) is 0 Å². The highest BCUT2D eigenvalue weighted by molar-refractivity contribution is 7.47. The maximum absolute atomic E-state index is 12.7. The predicted molar refractivity (Wildman–Crippen MR) is 233 cm³/mol. The fraction of sp³-hybridized carbons (Fsp3) is 0.717. The molecule has 0 rings (SSSR count). The summed E-state index contributed by atoms with van der Waals surface area (Å²) < 4.78 is 34.9. The summed E-state index contributed by atoms with van der Waals surface area (Å²) in [6, 6.07) is 0. The second kappa shape index (κ2) is 38.8. The molecule has 0 aliphatic heterocycles. The minimum atomic E-state index is -4.29. The average Bonchev–Trinajstić information content (AvgIpc) is 3.13. The molecule has 2 unspecified atom stereocenters. The molecule has 1 N–H and O–H groups in total. The van der Waals surface area contributed by atoms with Crippen LogP contribution in [0.3, 0.4) is 0 Å². The number of nitrogens with zero attached hydrogens (tertiary/aromatic N) is 1. The van der Waals surface area contributed by atoms with Crippen LogP contribution in [0.5, 0.6) is 0 Å². The van der Waals surface area contributed by atoms with Gasteiger partial charge in [-0.3, -0.25) is 13.8 Å². The molecule has 0 saturated heterocycles. The molecule has 9 heteroatoms. The maximum Gasteiger partial charge on any atom is 0.472 e. The van der Waals surface area contributed by atoms with Crippen LogP contribution in [0.1, 0.15) is 155 Å². The maximum atomic E-state index is 12.7. The monoisotopic (exact) mass is 793 g/mol. The highest BCUT2D eigenvalue weighted by Crippen LogP contribution is 2.43. The first-order chi connectivity index (χ1) is 26.6. The van der Waals surface area contributed by atoms with Gasteiger partial charge in [0.2, 0.25) is 0 Å². The lowest BCUT2D eigenvalue weighted by atomic mass is 10.1. The number of likely N-dealkylation sites (N-methyl/N-ethyl adjacent to an activating group) is 1. The van der Waals surface area contributed by atoms with Gasteiger partial charge in [0.1, 0.15) is 19.3 Å². The number of esters is 1. The lowest BCUT2D eigenvalue weighted by Gasteiger charge is -2.24. The number of hydrogen-bond donors (Lipinski definition) is 1. The Kier molecular flexibility index (Phi) is 37.3. The van der Waals surface area contributed by atoms with E-state index in [1.807, 2.05) is 21.1 Å². The van der Waals surface area contributed by atoms with Gasteiger partial charge in [-0.1, -0.05) is 138 Å². The van der Waals surface area contributed by atoms with Gasteiger partial charge in [0.25, 0.3) is 0 Å². The Morgan fingerprint density at radius 3 is 1.60 bits per heavy atom. The largest absolute Gasteiger partial charge is 0.472 e. The molecule has 0 amide bonds. The molecule has 0 bridgehead atoms. The van der Waals surface area contributed by atoms with Crippen LogP contribution >= 0.6 is 7.82 Å². The highest BCUT2D eigenvalue weighted by Gasteiger charge is 2.26. The Balaban J connectivity index is 4.34. The molecule has 0 aromatic carbocycles. The van der Waals surface area contributed by atoms with Crippen molar-refractivity contribution in [3.8, 4) is 0 Å². The Bertz CT molecular complexity index is 1110. The van der Waals surface area contributed by atoms with Gasteiger partial charge in [-0.05, 0) is 83.5 Å². The van der Waals surface area contributed by atoms with E-state index in [2.05, 4.69) is 86.8 Å². The van der Waals surface area contributed by atoms with Crippen molar-refractivity contribution in [1.29, 1.82) is 0 Å². The molecule has 318 valence electrons. The van der Waals surface area contributed by atoms with E-state index >= 15 is 0 Å². The second-order valence-electron chi connectivity index (χ2n) is 15.3. The highest BCUT2D eigenvalue weighted by atomic mass is 31.2. The zero-order chi connectivity index (χ0) is 40.6. The van der Waals surface area contributed by atoms with Crippen LogP contribution in [0.15, 0.2) is 72.9 Å². The molecule has 0 fully saturated rings. The van der Waals surface area contributed by atoms with E-state index in [1.54, 1.807) is 0 Å². The molecule has 0 saturated carbocycles. The van der Waals surface area contributed by atoms with E-state index in [0.717, 1.165) is 70.6 Å². The van der Waals surface area contributed by atoms with Gasteiger partial charge in [0.05, 0.1) is 34.4 Å². The Morgan fingerprint density at radius 2 is 1.05 bits per heavy atom. The molecule has 0 aliphatic rings. The molecule has 0 aromatic rings. The summed E-state index contributed by atoms with van der Waals surface area (Å²) in [5.74, 6) is -0.350. The molecule has 0 aliphatic carbocycles. The van der Waals surface area contributed by atoms with Gasteiger partial charge in [-0.2, -0.15) is 0 Å². The lowest BCUT2D eigenvalue weighted by Crippen LogP contribution is -2.37. The number of quaternary nitrogens is 1. The van der Waals surface area contributed by atoms with E-state index in [9.17, 15) is 14.3 Å². The number of rotatable bonds is 39. The minimum Gasteiger partial charge on any atom is -0.457 e. The van der Waals surface area contributed by atoms with E-state index in [-0.39, 0.29) is 32.2 Å². The summed E-state index contributed by atoms with van der Waals surface area (Å²) in [6.45, 7) is 5.41. The van der Waals surface area contributed by atoms with E-state index in [1.165, 1.54) is 64.2 Å². The fourth-order valence-electron chi connectivity index (χ4n) is 5.40. The quantitative estimate of drug-likeness (QED) is 0.0218. The molecular formula is C46H83NO7P+. The van der Waals surface area contributed by atoms with E-state index in [0.29, 0.717) is 17.6 Å². The van der Waals surface area contributed by atoms with Gasteiger partial charge in [0, 0.05) is 13.0 Å². The Hall–Kier alpha value is -2.06. The van der Waals surface area contributed by atoms with Crippen molar-refractivity contribution in [2.75, 3.05) is 54.1 Å². The zero-order valence-corrected chi connectivity index (χ0v) is 36.8. The first kappa shape index (κ1) is 52.9. The molecular weight excluding hydrogens is 709 g/mol. The SMILES string of the molecule is CC/C=C\C/C=C\C/C=C\C/C=C\C/C=C\CCCCCC(=O)OC(COCCCCCCCC/C=C\CCCCCC)COP(=O)(O)OCC[N+](C)(C)C. The fourth-order valence-corrected chi connectivity index (χ4v) is 6.14. The Morgan fingerprint density at radius 1 is 0.582 bits per heavy atom. The number of unbranched alkanes of at least 4 members (excludes halogenated alkanes) is 13. The molecule has 0 spiro atoms. The number of phosphoric acid groups is 1. The van der Waals surface area contributed by atoms with Crippen molar-refractivity contribution in [2.24, 2.45) is 0 Å². The first-order valence-electron chi connectivity index (χ1n) is 21.7. The Labute approximate surface area is 338 Å². The third kappa shape index (κ3) is 42.9. The van der Waals surface area contributed by atoms with Gasteiger partial charge in [0.15, 0.2) is 0 Å². The first-order valence-corrected chi connectivity index (χ1v) is 23.2. The summed E-state index contributed by atoms with van der Waals surface area (Å²) in [5.41, 5.74) is 0. The third-order valence-electron chi connectivity index (χ3n) is 8.75. The molecule has 8 nitrogen and oxygen atoms in total. The predicted octanol–water partition coefficient (Wildman–Crippen LogP) is 12.7. The van der Waals surface area contributed by atoms with E-state index < -0.39 is 13.9 Å².